The van der Waals surface area contributed by atoms with Gasteiger partial charge in [-0.2, -0.15) is 0 Å². The van der Waals surface area contributed by atoms with Gasteiger partial charge in [-0.1, -0.05) is 12.1 Å². The minimum Gasteiger partial charge on any atom is -0.493 e. The van der Waals surface area contributed by atoms with Crippen molar-refractivity contribution in [2.45, 2.75) is 12.3 Å². The third-order valence-corrected chi connectivity index (χ3v) is 3.20. The van der Waals surface area contributed by atoms with Crippen molar-refractivity contribution in [2.75, 3.05) is 26.3 Å². The van der Waals surface area contributed by atoms with Crippen LogP contribution in [0.15, 0.2) is 42.4 Å². The molecule has 1 unspecified atom stereocenters. The molecule has 0 aromatic heterocycles. The summed E-state index contributed by atoms with van der Waals surface area (Å²) >= 11 is 0. The minimum absolute atomic E-state index is 0.0582. The lowest BCUT2D eigenvalue weighted by Crippen LogP contribution is -2.38. The lowest BCUT2D eigenvalue weighted by atomic mass is 9.81. The molecule has 2 heterocycles. The van der Waals surface area contributed by atoms with Crippen molar-refractivity contribution in [3.8, 4) is 17.2 Å². The van der Waals surface area contributed by atoms with Crippen LogP contribution in [0, 0.1) is 11.7 Å². The number of piperidine rings is 1. The Bertz CT molecular complexity index is 1300. The molecule has 2 atom stereocenters. The number of benzene rings is 2. The Kier molecular flexibility index (Phi) is 1.74. The fourth-order valence-electron chi connectivity index (χ4n) is 2.07. The topological polar surface area (TPSA) is 39.7 Å². The number of hydrogen-bond acceptors (Lipinski definition) is 4. The van der Waals surface area contributed by atoms with Gasteiger partial charge < -0.3 is 19.5 Å². The standard InChI is InChI=1S/C19H20FNO3/c20-15-3-1-13(2-4-15)17-7-8-21-10-14(17)11-22-16-5-6-18-19(9-16)24-12-23-18/h1-6,9,14,17,21H,7-8,10-12H2/t14-,17?/m1/s1/i1D,2D,3D,4D,7D2,8D2,11D2,12D2,14D,17D. The maximum Gasteiger partial charge on any atom is 0.231 e. The zero-order valence-electron chi connectivity index (χ0n) is 26.0. The second-order valence-electron chi connectivity index (χ2n) is 4.75. The molecule has 1 fully saturated rings. The lowest BCUT2D eigenvalue weighted by molar-refractivity contribution is 0.173. The van der Waals surface area contributed by atoms with E-state index < -0.39 is 85.8 Å². The second-order valence-corrected chi connectivity index (χ2v) is 4.75. The smallest absolute Gasteiger partial charge is 0.231 e. The molecule has 5 heteroatoms. The normalized spacial score (nSPS) is 43.9. The van der Waals surface area contributed by atoms with Crippen molar-refractivity contribution in [3.63, 3.8) is 0 Å². The summed E-state index contributed by atoms with van der Waals surface area (Å²) in [5.41, 5.74) is -1.23. The minimum atomic E-state index is -3.62. The number of halogens is 1. The molecule has 0 amide bonds. The Morgan fingerprint density at radius 2 is 2.17 bits per heavy atom. The van der Waals surface area contributed by atoms with Crippen LogP contribution in [-0.2, 0) is 0 Å². The van der Waals surface area contributed by atoms with E-state index in [4.69, 9.17) is 33.4 Å². The molecule has 0 aliphatic carbocycles. The van der Waals surface area contributed by atoms with Crippen LogP contribution in [0.3, 0.4) is 0 Å². The third kappa shape index (κ3) is 3.17. The molecule has 24 heavy (non-hydrogen) atoms. The first-order chi connectivity index (χ1) is 17.1. The number of fused-ring (bicyclic) bond motifs is 1. The molecule has 4 rings (SSSR count). The summed E-state index contributed by atoms with van der Waals surface area (Å²) in [6.45, 7) is -10.2. The van der Waals surface area contributed by atoms with Gasteiger partial charge in [0.25, 0.3) is 0 Å². The summed E-state index contributed by atoms with van der Waals surface area (Å²) in [6, 6.07) is -1.91. The summed E-state index contributed by atoms with van der Waals surface area (Å²) in [6.07, 6.45) is -3.62. The molecule has 0 bridgehead atoms. The van der Waals surface area contributed by atoms with Gasteiger partial charge in [-0.05, 0) is 48.5 Å². The van der Waals surface area contributed by atoms with Crippen molar-refractivity contribution in [1.29, 1.82) is 0 Å². The number of nitrogens with one attached hydrogen (secondary N) is 1. The highest BCUT2D eigenvalue weighted by Crippen LogP contribution is 2.36. The first-order valence-corrected chi connectivity index (χ1v) is 6.86. The van der Waals surface area contributed by atoms with Crippen molar-refractivity contribution in [3.05, 3.63) is 53.7 Å². The average Bonchev–Trinajstić information content (AvgIpc) is 3.11. The first kappa shape index (κ1) is 6.23. The van der Waals surface area contributed by atoms with Gasteiger partial charge in [0.1, 0.15) is 14.3 Å². The SMILES string of the molecule is [2H]c1c([2H])c(C2([2H])C([2H])([2H])C([2H])([2H])NC[C@]2([2H])C([2H])([2H])Oc2ccc3c(c2)OC([2H])([2H])O3)c([2H])c([2H])c1F. The Balaban J connectivity index is 1.92. The molecule has 0 radical (unpaired) electrons. The summed E-state index contributed by atoms with van der Waals surface area (Å²) in [5, 5.41) is 2.03. The van der Waals surface area contributed by atoms with E-state index in [9.17, 15) is 4.39 Å². The molecule has 1 N–H and O–H groups in total. The van der Waals surface area contributed by atoms with E-state index in [1.165, 1.54) is 0 Å². The molecule has 0 spiro atoms. The van der Waals surface area contributed by atoms with Crippen LogP contribution in [0.5, 0.6) is 17.2 Å². The zero-order chi connectivity index (χ0) is 28.9. The van der Waals surface area contributed by atoms with Crippen molar-refractivity contribution in [1.82, 2.24) is 5.32 Å². The Hall–Kier alpha value is -2.27. The van der Waals surface area contributed by atoms with Crippen LogP contribution in [0.4, 0.5) is 4.39 Å². The van der Waals surface area contributed by atoms with E-state index in [1.807, 2.05) is 5.32 Å². The quantitative estimate of drug-likeness (QED) is 0.924. The molecular formula is C19H20FNO3. The fraction of sp³-hybridized carbons (Fsp3) is 0.368. The molecule has 2 aliphatic rings. The zero-order valence-corrected chi connectivity index (χ0v) is 12.0. The highest BCUT2D eigenvalue weighted by Gasteiger charge is 2.27. The van der Waals surface area contributed by atoms with E-state index in [2.05, 4.69) is 0 Å². The van der Waals surface area contributed by atoms with E-state index in [-0.39, 0.29) is 11.5 Å². The average molecular weight is 343 g/mol. The number of hydrogen-bond donors (Lipinski definition) is 1. The van der Waals surface area contributed by atoms with Crippen LogP contribution in [0.25, 0.3) is 0 Å². The van der Waals surface area contributed by atoms with Crippen LogP contribution in [0.2, 0.25) is 0 Å². The molecule has 126 valence electrons. The van der Waals surface area contributed by atoms with E-state index >= 15 is 0 Å². The van der Waals surface area contributed by atoms with Gasteiger partial charge in [-0.25, -0.2) is 4.39 Å². The maximum atomic E-state index is 14.3. The van der Waals surface area contributed by atoms with Crippen molar-refractivity contribution < 1.29 is 37.8 Å². The van der Waals surface area contributed by atoms with Crippen LogP contribution in [0.1, 0.15) is 37.0 Å². The van der Waals surface area contributed by atoms with E-state index in [0.717, 1.165) is 18.2 Å². The van der Waals surface area contributed by atoms with Gasteiger partial charge in [-0.15, -0.1) is 0 Å². The van der Waals surface area contributed by atoms with Crippen LogP contribution in [-0.4, -0.2) is 26.3 Å². The summed E-state index contributed by atoms with van der Waals surface area (Å²) in [7, 11) is 0. The molecule has 2 aromatic rings. The van der Waals surface area contributed by atoms with Gasteiger partial charge in [-0.3, -0.25) is 0 Å². The number of ether oxygens (including phenoxy) is 3. The van der Waals surface area contributed by atoms with Gasteiger partial charge in [0.15, 0.2) is 11.5 Å². The van der Waals surface area contributed by atoms with Crippen LogP contribution < -0.4 is 19.5 Å². The van der Waals surface area contributed by atoms with Crippen LogP contribution >= 0.6 is 0 Å². The first-order valence-electron chi connectivity index (χ1n) is 13.9. The lowest BCUT2D eigenvalue weighted by Gasteiger charge is -2.32. The monoisotopic (exact) mass is 343 g/mol. The molecule has 0 saturated carbocycles. The second kappa shape index (κ2) is 6.69. The fourth-order valence-corrected chi connectivity index (χ4v) is 2.07. The molecule has 2 aliphatic heterocycles. The van der Waals surface area contributed by atoms with Crippen molar-refractivity contribution in [2.24, 2.45) is 5.89 Å². The summed E-state index contributed by atoms with van der Waals surface area (Å²) in [5.74, 6) is -9.10. The predicted octanol–water partition coefficient (Wildman–Crippen LogP) is 3.33. The number of rotatable bonds is 4. The highest BCUT2D eigenvalue weighted by molar-refractivity contribution is 5.46. The summed E-state index contributed by atoms with van der Waals surface area (Å²) in [4.78, 5) is 0. The third-order valence-electron chi connectivity index (χ3n) is 3.20. The van der Waals surface area contributed by atoms with Gasteiger partial charge in [0.2, 0.25) is 6.75 Å². The Morgan fingerprint density at radius 3 is 3.04 bits per heavy atom. The maximum absolute atomic E-state index is 14.3. The molecule has 1 saturated heterocycles. The van der Waals surface area contributed by atoms with Gasteiger partial charge in [0, 0.05) is 26.7 Å². The van der Waals surface area contributed by atoms with E-state index in [1.54, 1.807) is 0 Å². The molecular weight excluding hydrogens is 309 g/mol. The van der Waals surface area contributed by atoms with Gasteiger partial charge in [0.05, 0.1) is 14.8 Å². The van der Waals surface area contributed by atoms with E-state index in [0.29, 0.717) is 0 Å². The van der Waals surface area contributed by atoms with Crippen molar-refractivity contribution >= 4 is 0 Å². The Labute approximate surface area is 160 Å². The molecule has 2 aromatic carbocycles. The summed E-state index contributed by atoms with van der Waals surface area (Å²) < 4.78 is 145. The highest BCUT2D eigenvalue weighted by atomic mass is 19.1. The van der Waals surface area contributed by atoms with Gasteiger partial charge >= 0.3 is 0 Å². The molecule has 4 nitrogen and oxygen atoms in total. The largest absolute Gasteiger partial charge is 0.493 e. The Morgan fingerprint density at radius 1 is 1.33 bits per heavy atom. The predicted molar refractivity (Wildman–Crippen MR) is 88.2 cm³/mol.